The highest BCUT2D eigenvalue weighted by atomic mass is 19.1. The first kappa shape index (κ1) is 22.3. The fraction of sp³-hybridized carbons (Fsp3) is 0.370. The van der Waals surface area contributed by atoms with Crippen LogP contribution in [0.25, 0.3) is 11.3 Å². The van der Waals surface area contributed by atoms with Gasteiger partial charge >= 0.3 is 5.97 Å². The first-order valence-electron chi connectivity index (χ1n) is 11.9. The molecule has 2 aliphatic rings. The topological polar surface area (TPSA) is 64.4 Å². The number of hydrogen-bond acceptors (Lipinski definition) is 4. The molecule has 0 bridgehead atoms. The van der Waals surface area contributed by atoms with Gasteiger partial charge in [-0.1, -0.05) is 30.3 Å². The Labute approximate surface area is 198 Å². The number of piperidine rings is 1. The number of halogens is 1. The van der Waals surface area contributed by atoms with Crippen LogP contribution in [-0.4, -0.2) is 46.3 Å². The van der Waals surface area contributed by atoms with E-state index in [0.29, 0.717) is 19.0 Å². The number of rotatable bonds is 6. The predicted molar refractivity (Wildman–Crippen MR) is 126 cm³/mol. The quantitative estimate of drug-likeness (QED) is 0.493. The molecule has 2 aromatic carbocycles. The third-order valence-electron chi connectivity index (χ3n) is 6.82. The van der Waals surface area contributed by atoms with Crippen LogP contribution < -0.4 is 0 Å². The van der Waals surface area contributed by atoms with Gasteiger partial charge in [-0.3, -0.25) is 9.48 Å². The zero-order chi connectivity index (χ0) is 23.7. The Bertz CT molecular complexity index is 1170. The molecule has 1 saturated carbocycles. The first-order valence-corrected chi connectivity index (χ1v) is 11.9. The lowest BCUT2D eigenvalue weighted by atomic mass is 10.0. The lowest BCUT2D eigenvalue weighted by Crippen LogP contribution is -2.40. The Morgan fingerprint density at radius 1 is 1.06 bits per heavy atom. The molecule has 34 heavy (non-hydrogen) atoms. The molecular weight excluding hydrogens is 433 g/mol. The summed E-state index contributed by atoms with van der Waals surface area (Å²) in [5, 5.41) is 4.57. The molecule has 2 atom stereocenters. The second-order valence-corrected chi connectivity index (χ2v) is 9.00. The van der Waals surface area contributed by atoms with E-state index < -0.39 is 5.97 Å². The summed E-state index contributed by atoms with van der Waals surface area (Å²) in [7, 11) is 0. The van der Waals surface area contributed by atoms with Crippen LogP contribution in [0.2, 0.25) is 0 Å². The molecule has 1 amide bonds. The average molecular weight is 462 g/mol. The molecule has 2 fully saturated rings. The van der Waals surface area contributed by atoms with E-state index in [-0.39, 0.29) is 36.0 Å². The van der Waals surface area contributed by atoms with Gasteiger partial charge in [0.15, 0.2) is 5.69 Å². The Kier molecular flexibility index (Phi) is 6.18. The molecule has 1 aliphatic heterocycles. The van der Waals surface area contributed by atoms with Gasteiger partial charge in [0.05, 0.1) is 18.3 Å². The molecule has 7 heteroatoms. The summed E-state index contributed by atoms with van der Waals surface area (Å²) in [5.41, 5.74) is 3.01. The van der Waals surface area contributed by atoms with Crippen LogP contribution in [0.5, 0.6) is 0 Å². The Hall–Kier alpha value is -3.48. The van der Waals surface area contributed by atoms with Gasteiger partial charge < -0.3 is 9.64 Å². The summed E-state index contributed by atoms with van der Waals surface area (Å²) >= 11 is 0. The lowest BCUT2D eigenvalue weighted by molar-refractivity contribution is -0.134. The third kappa shape index (κ3) is 4.47. The van der Waals surface area contributed by atoms with Crippen LogP contribution in [0.15, 0.2) is 60.7 Å². The van der Waals surface area contributed by atoms with E-state index in [1.807, 2.05) is 27.8 Å². The summed E-state index contributed by atoms with van der Waals surface area (Å²) < 4.78 is 20.5. The fourth-order valence-corrected chi connectivity index (χ4v) is 4.92. The van der Waals surface area contributed by atoms with Gasteiger partial charge in [-0.05, 0) is 68.0 Å². The number of ether oxygens (including phenoxy) is 1. The van der Waals surface area contributed by atoms with E-state index in [4.69, 9.17) is 4.74 Å². The predicted octanol–water partition coefficient (Wildman–Crippen LogP) is 4.83. The fourth-order valence-electron chi connectivity index (χ4n) is 4.92. The number of carbonyl (C=O) groups excluding carboxylic acids is 2. The first-order chi connectivity index (χ1) is 16.5. The maximum atomic E-state index is 13.5. The van der Waals surface area contributed by atoms with Crippen LogP contribution in [0.1, 0.15) is 54.2 Å². The van der Waals surface area contributed by atoms with Crippen molar-refractivity contribution in [1.29, 1.82) is 0 Å². The zero-order valence-corrected chi connectivity index (χ0v) is 19.2. The molecule has 1 saturated heterocycles. The summed E-state index contributed by atoms with van der Waals surface area (Å²) in [6, 6.07) is 18.2. The Morgan fingerprint density at radius 3 is 2.44 bits per heavy atom. The molecule has 0 spiro atoms. The maximum absolute atomic E-state index is 13.5. The van der Waals surface area contributed by atoms with Crippen molar-refractivity contribution in [2.24, 2.45) is 5.92 Å². The highest BCUT2D eigenvalue weighted by Gasteiger charge is 2.46. The van der Waals surface area contributed by atoms with Crippen molar-refractivity contribution < 1.29 is 18.7 Å². The standard InChI is InChI=1S/C27H28FN3O3/c1-2-34-27(33)24-17-25(19-8-10-20(28)11-9-19)31(29-24)21-12-14-30(15-13-21)26(32)23-16-22(23)18-6-4-3-5-7-18/h3-11,17,21-23H,2,12-16H2,1H3/t22-,23+/m0/s1. The molecule has 1 aliphatic carbocycles. The van der Waals surface area contributed by atoms with Crippen molar-refractivity contribution in [2.45, 2.75) is 38.1 Å². The molecule has 176 valence electrons. The van der Waals surface area contributed by atoms with Crippen molar-refractivity contribution in [1.82, 2.24) is 14.7 Å². The molecule has 5 rings (SSSR count). The van der Waals surface area contributed by atoms with Gasteiger partial charge in [0, 0.05) is 24.6 Å². The van der Waals surface area contributed by atoms with Gasteiger partial charge in [0.1, 0.15) is 5.82 Å². The second-order valence-electron chi connectivity index (χ2n) is 9.00. The van der Waals surface area contributed by atoms with E-state index in [0.717, 1.165) is 30.5 Å². The number of amides is 1. The Balaban J connectivity index is 1.30. The minimum Gasteiger partial charge on any atom is -0.461 e. The maximum Gasteiger partial charge on any atom is 0.358 e. The van der Waals surface area contributed by atoms with Gasteiger partial charge in [0.25, 0.3) is 0 Å². The van der Waals surface area contributed by atoms with Crippen molar-refractivity contribution in [3.05, 3.63) is 77.7 Å². The average Bonchev–Trinajstić information content (AvgIpc) is 3.55. The summed E-state index contributed by atoms with van der Waals surface area (Å²) in [6.07, 6.45) is 2.40. The summed E-state index contributed by atoms with van der Waals surface area (Å²) in [5.74, 6) is -0.151. The zero-order valence-electron chi connectivity index (χ0n) is 19.2. The van der Waals surface area contributed by atoms with Crippen LogP contribution in [0, 0.1) is 11.7 Å². The van der Waals surface area contributed by atoms with E-state index in [1.54, 1.807) is 25.1 Å². The van der Waals surface area contributed by atoms with Gasteiger partial charge in [0.2, 0.25) is 5.91 Å². The smallest absolute Gasteiger partial charge is 0.358 e. The molecule has 6 nitrogen and oxygen atoms in total. The number of benzene rings is 2. The molecule has 1 aromatic heterocycles. The van der Waals surface area contributed by atoms with Crippen molar-refractivity contribution in [3.8, 4) is 11.3 Å². The van der Waals surface area contributed by atoms with E-state index in [2.05, 4.69) is 17.2 Å². The largest absolute Gasteiger partial charge is 0.461 e. The monoisotopic (exact) mass is 461 g/mol. The third-order valence-corrected chi connectivity index (χ3v) is 6.82. The number of likely N-dealkylation sites (tertiary alicyclic amines) is 1. The highest BCUT2D eigenvalue weighted by Crippen LogP contribution is 2.48. The minimum atomic E-state index is -0.474. The van der Waals surface area contributed by atoms with Crippen LogP contribution in [-0.2, 0) is 9.53 Å². The summed E-state index contributed by atoms with van der Waals surface area (Å²) in [6.45, 7) is 3.33. The van der Waals surface area contributed by atoms with Crippen molar-refractivity contribution in [2.75, 3.05) is 19.7 Å². The number of carbonyl (C=O) groups is 2. The lowest BCUT2D eigenvalue weighted by Gasteiger charge is -2.33. The van der Waals surface area contributed by atoms with E-state index in [9.17, 15) is 14.0 Å². The van der Waals surface area contributed by atoms with Gasteiger partial charge in [-0.15, -0.1) is 0 Å². The second kappa shape index (κ2) is 9.41. The van der Waals surface area contributed by atoms with E-state index >= 15 is 0 Å². The van der Waals surface area contributed by atoms with E-state index in [1.165, 1.54) is 17.7 Å². The highest BCUT2D eigenvalue weighted by molar-refractivity contribution is 5.88. The summed E-state index contributed by atoms with van der Waals surface area (Å²) in [4.78, 5) is 27.4. The number of esters is 1. The van der Waals surface area contributed by atoms with Gasteiger partial charge in [-0.25, -0.2) is 9.18 Å². The van der Waals surface area contributed by atoms with Gasteiger partial charge in [-0.2, -0.15) is 5.10 Å². The van der Waals surface area contributed by atoms with Crippen LogP contribution >= 0.6 is 0 Å². The molecule has 3 aromatic rings. The Morgan fingerprint density at radius 2 is 1.76 bits per heavy atom. The van der Waals surface area contributed by atoms with Crippen LogP contribution in [0.3, 0.4) is 0 Å². The normalized spacial score (nSPS) is 20.2. The number of aromatic nitrogens is 2. The van der Waals surface area contributed by atoms with Crippen LogP contribution in [0.4, 0.5) is 4.39 Å². The molecular formula is C27H28FN3O3. The minimum absolute atomic E-state index is 0.0383. The molecule has 2 heterocycles. The number of nitrogens with zero attached hydrogens (tertiary/aromatic N) is 3. The van der Waals surface area contributed by atoms with Crippen molar-refractivity contribution in [3.63, 3.8) is 0 Å². The molecule has 0 radical (unpaired) electrons. The SMILES string of the molecule is CCOC(=O)c1cc(-c2ccc(F)cc2)n(C2CCN(C(=O)[C@@H]3C[C@H]3c3ccccc3)CC2)n1. The van der Waals surface area contributed by atoms with Crippen molar-refractivity contribution >= 4 is 11.9 Å². The molecule has 0 unspecified atom stereocenters. The number of hydrogen-bond donors (Lipinski definition) is 0. The molecule has 0 N–H and O–H groups in total.